The number of carbonyl (C=O) groups is 1. The summed E-state index contributed by atoms with van der Waals surface area (Å²) in [6, 6.07) is 0. The van der Waals surface area contributed by atoms with Crippen LogP contribution in [0, 0.1) is 11.8 Å². The number of aliphatic hydroxyl groups is 2. The average molecular weight is 162 g/mol. The van der Waals surface area contributed by atoms with Crippen molar-refractivity contribution in [1.29, 1.82) is 0 Å². The zero-order chi connectivity index (χ0) is 9.02. The molecule has 0 amide bonds. The van der Waals surface area contributed by atoms with E-state index in [1.165, 1.54) is 0 Å². The van der Waals surface area contributed by atoms with Crippen LogP contribution in [0.15, 0.2) is 0 Å². The predicted molar refractivity (Wildman–Crippen MR) is 38.8 cm³/mol. The summed E-state index contributed by atoms with van der Waals surface area (Å²) >= 11 is 0. The third-order valence-electron chi connectivity index (χ3n) is 1.83. The number of aliphatic carboxylic acids is 1. The van der Waals surface area contributed by atoms with Crippen molar-refractivity contribution in [2.45, 2.75) is 26.6 Å². The highest BCUT2D eigenvalue weighted by Gasteiger charge is 2.20. The maximum atomic E-state index is 10.4. The summed E-state index contributed by atoms with van der Waals surface area (Å²) in [5, 5.41) is 25.5. The van der Waals surface area contributed by atoms with Crippen LogP contribution in [0.3, 0.4) is 0 Å². The summed E-state index contributed by atoms with van der Waals surface area (Å²) in [6.45, 7) is 3.23. The highest BCUT2D eigenvalue weighted by Crippen LogP contribution is 2.15. The molecule has 0 rings (SSSR count). The molecule has 0 aliphatic heterocycles. The Labute approximate surface area is 65.5 Å². The van der Waals surface area contributed by atoms with Gasteiger partial charge in [-0.15, -0.1) is 0 Å². The van der Waals surface area contributed by atoms with Crippen LogP contribution in [-0.2, 0) is 4.79 Å². The average Bonchev–Trinajstić information content (AvgIpc) is 1.84. The van der Waals surface area contributed by atoms with E-state index in [-0.39, 0.29) is 12.3 Å². The van der Waals surface area contributed by atoms with Gasteiger partial charge in [0.25, 0.3) is 0 Å². The molecule has 0 saturated heterocycles. The molecule has 2 atom stereocenters. The molecule has 0 aliphatic rings. The number of hydrogen-bond donors (Lipinski definition) is 3. The van der Waals surface area contributed by atoms with Crippen molar-refractivity contribution in [3.8, 4) is 0 Å². The summed E-state index contributed by atoms with van der Waals surface area (Å²) in [4.78, 5) is 10.4. The maximum absolute atomic E-state index is 10.4. The first-order valence-electron chi connectivity index (χ1n) is 3.54. The lowest BCUT2D eigenvalue weighted by Crippen LogP contribution is -2.22. The molecular formula is C7H14O4. The van der Waals surface area contributed by atoms with E-state index < -0.39 is 18.2 Å². The number of aliphatic hydroxyl groups excluding tert-OH is 1. The van der Waals surface area contributed by atoms with E-state index in [2.05, 4.69) is 0 Å². The van der Waals surface area contributed by atoms with Gasteiger partial charge >= 0.3 is 5.97 Å². The van der Waals surface area contributed by atoms with Crippen molar-refractivity contribution in [3.63, 3.8) is 0 Å². The molecule has 4 heteroatoms. The monoisotopic (exact) mass is 162 g/mol. The Morgan fingerprint density at radius 3 is 2.09 bits per heavy atom. The van der Waals surface area contributed by atoms with Gasteiger partial charge in [-0.2, -0.15) is 0 Å². The molecule has 0 heterocycles. The first kappa shape index (κ1) is 10.4. The highest BCUT2D eigenvalue weighted by molar-refractivity contribution is 5.69. The Kier molecular flexibility index (Phi) is 4.07. The second kappa shape index (κ2) is 4.31. The van der Waals surface area contributed by atoms with E-state index >= 15 is 0 Å². The fourth-order valence-electron chi connectivity index (χ4n) is 0.780. The summed E-state index contributed by atoms with van der Waals surface area (Å²) < 4.78 is 0. The van der Waals surface area contributed by atoms with E-state index in [9.17, 15) is 4.79 Å². The number of carboxylic acids is 1. The van der Waals surface area contributed by atoms with Crippen molar-refractivity contribution in [3.05, 3.63) is 0 Å². The van der Waals surface area contributed by atoms with Crippen molar-refractivity contribution in [2.24, 2.45) is 11.8 Å². The molecule has 0 aromatic rings. The van der Waals surface area contributed by atoms with Crippen LogP contribution >= 0.6 is 0 Å². The molecule has 0 fully saturated rings. The largest absolute Gasteiger partial charge is 0.481 e. The topological polar surface area (TPSA) is 77.8 Å². The Hall–Kier alpha value is -0.610. The summed E-state index contributed by atoms with van der Waals surface area (Å²) in [7, 11) is 0. The number of hydrogen-bond acceptors (Lipinski definition) is 3. The lowest BCUT2D eigenvalue weighted by molar-refractivity contribution is -0.144. The van der Waals surface area contributed by atoms with Gasteiger partial charge in [0.15, 0.2) is 6.29 Å². The van der Waals surface area contributed by atoms with Crippen molar-refractivity contribution in [2.75, 3.05) is 0 Å². The van der Waals surface area contributed by atoms with E-state index in [4.69, 9.17) is 15.3 Å². The van der Waals surface area contributed by atoms with Crippen molar-refractivity contribution in [1.82, 2.24) is 0 Å². The predicted octanol–water partition coefficient (Wildman–Crippen LogP) is 0.0440. The van der Waals surface area contributed by atoms with E-state index in [1.807, 2.05) is 0 Å². The Balaban J connectivity index is 3.82. The van der Waals surface area contributed by atoms with Gasteiger partial charge in [-0.25, -0.2) is 0 Å². The summed E-state index contributed by atoms with van der Waals surface area (Å²) in [6.07, 6.45) is -1.31. The summed E-state index contributed by atoms with van der Waals surface area (Å²) in [5.74, 6) is -1.65. The zero-order valence-electron chi connectivity index (χ0n) is 6.69. The van der Waals surface area contributed by atoms with Crippen molar-refractivity contribution >= 4 is 5.97 Å². The van der Waals surface area contributed by atoms with Gasteiger partial charge in [0.1, 0.15) is 0 Å². The number of rotatable bonds is 4. The standard InChI is InChI=1S/C7H14O4/c1-4(3-6(8)9)5(2)7(10)11/h4-6,8-9H,3H2,1-2H3,(H,10,11). The van der Waals surface area contributed by atoms with Crippen LogP contribution in [-0.4, -0.2) is 27.6 Å². The van der Waals surface area contributed by atoms with Gasteiger partial charge < -0.3 is 15.3 Å². The molecule has 0 bridgehead atoms. The van der Waals surface area contributed by atoms with Crippen LogP contribution < -0.4 is 0 Å². The first-order chi connectivity index (χ1) is 4.95. The van der Waals surface area contributed by atoms with Gasteiger partial charge in [0.05, 0.1) is 5.92 Å². The Morgan fingerprint density at radius 1 is 1.36 bits per heavy atom. The second-order valence-corrected chi connectivity index (χ2v) is 2.82. The van der Waals surface area contributed by atoms with E-state index in [0.29, 0.717) is 0 Å². The highest BCUT2D eigenvalue weighted by atomic mass is 16.5. The van der Waals surface area contributed by atoms with E-state index in [1.54, 1.807) is 13.8 Å². The Bertz CT molecular complexity index is 132. The third kappa shape index (κ3) is 3.95. The molecule has 3 N–H and O–H groups in total. The molecule has 0 aromatic carbocycles. The minimum absolute atomic E-state index is 0.105. The zero-order valence-corrected chi connectivity index (χ0v) is 6.69. The normalized spacial score (nSPS) is 16.5. The fourth-order valence-corrected chi connectivity index (χ4v) is 0.780. The molecule has 0 aromatic heterocycles. The maximum Gasteiger partial charge on any atom is 0.306 e. The van der Waals surface area contributed by atoms with Gasteiger partial charge in [-0.3, -0.25) is 4.79 Å². The lowest BCUT2D eigenvalue weighted by atomic mass is 9.93. The van der Waals surface area contributed by atoms with Crippen LogP contribution in [0.5, 0.6) is 0 Å². The molecule has 0 saturated carbocycles. The smallest absolute Gasteiger partial charge is 0.306 e. The quantitative estimate of drug-likeness (QED) is 0.510. The minimum Gasteiger partial charge on any atom is -0.481 e. The molecule has 66 valence electrons. The molecule has 0 aliphatic carbocycles. The molecule has 11 heavy (non-hydrogen) atoms. The molecule has 0 radical (unpaired) electrons. The molecular weight excluding hydrogens is 148 g/mol. The number of carboxylic acid groups (broad SMARTS) is 1. The summed E-state index contributed by atoms with van der Waals surface area (Å²) in [5.41, 5.74) is 0. The second-order valence-electron chi connectivity index (χ2n) is 2.82. The van der Waals surface area contributed by atoms with Crippen LogP contribution in [0.1, 0.15) is 20.3 Å². The molecule has 2 unspecified atom stereocenters. The van der Waals surface area contributed by atoms with Gasteiger partial charge in [0, 0.05) is 6.42 Å². The third-order valence-corrected chi connectivity index (χ3v) is 1.83. The fraction of sp³-hybridized carbons (Fsp3) is 0.857. The minimum atomic E-state index is -1.41. The van der Waals surface area contributed by atoms with Gasteiger partial charge in [0.2, 0.25) is 0 Å². The van der Waals surface area contributed by atoms with Crippen LogP contribution in [0.25, 0.3) is 0 Å². The lowest BCUT2D eigenvalue weighted by Gasteiger charge is -2.16. The SMILES string of the molecule is CC(CC(O)O)C(C)C(=O)O. The van der Waals surface area contributed by atoms with Crippen LogP contribution in [0.4, 0.5) is 0 Å². The van der Waals surface area contributed by atoms with E-state index in [0.717, 1.165) is 0 Å². The molecule has 4 nitrogen and oxygen atoms in total. The van der Waals surface area contributed by atoms with Crippen molar-refractivity contribution < 1.29 is 20.1 Å². The Morgan fingerprint density at radius 2 is 1.82 bits per heavy atom. The van der Waals surface area contributed by atoms with Crippen LogP contribution in [0.2, 0.25) is 0 Å². The molecule has 0 spiro atoms. The van der Waals surface area contributed by atoms with Gasteiger partial charge in [-0.1, -0.05) is 13.8 Å². The first-order valence-corrected chi connectivity index (χ1v) is 3.54. The van der Waals surface area contributed by atoms with Gasteiger partial charge in [-0.05, 0) is 5.92 Å².